The van der Waals surface area contributed by atoms with Crippen LogP contribution in [0.4, 0.5) is 4.79 Å². The molecule has 0 radical (unpaired) electrons. The van der Waals surface area contributed by atoms with Gasteiger partial charge >= 0.3 is 18.0 Å². The molecule has 1 aromatic carbocycles. The van der Waals surface area contributed by atoms with E-state index < -0.39 is 29.3 Å². The van der Waals surface area contributed by atoms with Gasteiger partial charge in [-0.2, -0.15) is 0 Å². The van der Waals surface area contributed by atoms with Crippen LogP contribution in [0.5, 0.6) is 0 Å². The van der Waals surface area contributed by atoms with E-state index >= 15 is 0 Å². The zero-order valence-electron chi connectivity index (χ0n) is 13.3. The molecule has 3 N–H and O–H groups in total. The van der Waals surface area contributed by atoms with E-state index in [4.69, 9.17) is 14.9 Å². The highest BCUT2D eigenvalue weighted by Gasteiger charge is 2.25. The molecular weight excluding hydrogens is 334 g/mol. The lowest BCUT2D eigenvalue weighted by Gasteiger charge is -2.17. The SMILES string of the molecule is CCCC(SCC(NC(=O)OCc1ccccc1)C(=O)O)C(=O)O. The number of carbonyl (C=O) groups is 3. The molecule has 0 aromatic heterocycles. The average molecular weight is 355 g/mol. The minimum absolute atomic E-state index is 0.0275. The number of aliphatic carboxylic acids is 2. The fourth-order valence-electron chi connectivity index (χ4n) is 1.83. The normalized spacial score (nSPS) is 12.9. The Morgan fingerprint density at radius 1 is 1.17 bits per heavy atom. The number of alkyl carbamates (subject to hydrolysis) is 1. The standard InChI is InChI=1S/C16H21NO6S/c1-2-6-13(15(20)21)24-10-12(14(18)19)17-16(22)23-9-11-7-4-3-5-8-11/h3-5,7-8,12-13H,2,6,9-10H2,1H3,(H,17,22)(H,18,19)(H,20,21). The van der Waals surface area contributed by atoms with Crippen molar-refractivity contribution in [1.82, 2.24) is 5.32 Å². The minimum Gasteiger partial charge on any atom is -0.480 e. The summed E-state index contributed by atoms with van der Waals surface area (Å²) in [5, 5.41) is 19.8. The quantitative estimate of drug-likeness (QED) is 0.590. The molecule has 7 nitrogen and oxygen atoms in total. The molecule has 0 spiro atoms. The summed E-state index contributed by atoms with van der Waals surface area (Å²) >= 11 is 0.996. The number of hydrogen-bond acceptors (Lipinski definition) is 5. The van der Waals surface area contributed by atoms with Crippen LogP contribution in [0.3, 0.4) is 0 Å². The number of benzene rings is 1. The summed E-state index contributed by atoms with van der Waals surface area (Å²) in [6.07, 6.45) is 0.258. The highest BCUT2D eigenvalue weighted by molar-refractivity contribution is 8.00. The van der Waals surface area contributed by atoms with Gasteiger partial charge in [0.05, 0.1) is 0 Å². The first kappa shape index (κ1) is 19.8. The van der Waals surface area contributed by atoms with Crippen molar-refractivity contribution in [3.05, 3.63) is 35.9 Å². The molecule has 0 heterocycles. The third kappa shape index (κ3) is 7.36. The molecule has 24 heavy (non-hydrogen) atoms. The maximum Gasteiger partial charge on any atom is 0.408 e. The Morgan fingerprint density at radius 3 is 2.38 bits per heavy atom. The molecule has 0 aliphatic carbocycles. The number of ether oxygens (including phenoxy) is 1. The number of amides is 1. The molecule has 2 atom stereocenters. The Labute approximate surface area is 144 Å². The second kappa shape index (κ2) is 10.5. The van der Waals surface area contributed by atoms with E-state index in [0.717, 1.165) is 17.3 Å². The van der Waals surface area contributed by atoms with Gasteiger partial charge in [0.2, 0.25) is 0 Å². The van der Waals surface area contributed by atoms with Gasteiger partial charge in [0, 0.05) is 5.75 Å². The van der Waals surface area contributed by atoms with Crippen molar-refractivity contribution in [2.75, 3.05) is 5.75 Å². The Balaban J connectivity index is 2.48. The van der Waals surface area contributed by atoms with Crippen LogP contribution in [-0.2, 0) is 20.9 Å². The minimum atomic E-state index is -1.24. The van der Waals surface area contributed by atoms with Gasteiger partial charge in [-0.3, -0.25) is 4.79 Å². The van der Waals surface area contributed by atoms with E-state index in [1.54, 1.807) is 24.3 Å². The number of nitrogens with one attached hydrogen (secondary N) is 1. The average Bonchev–Trinajstić information content (AvgIpc) is 2.56. The largest absolute Gasteiger partial charge is 0.480 e. The molecule has 1 aromatic rings. The van der Waals surface area contributed by atoms with Gasteiger partial charge < -0.3 is 20.3 Å². The van der Waals surface area contributed by atoms with E-state index in [-0.39, 0.29) is 12.4 Å². The van der Waals surface area contributed by atoms with Crippen LogP contribution < -0.4 is 5.32 Å². The second-order valence-corrected chi connectivity index (χ2v) is 6.28. The van der Waals surface area contributed by atoms with Crippen LogP contribution in [0.15, 0.2) is 30.3 Å². The third-order valence-electron chi connectivity index (χ3n) is 3.09. The van der Waals surface area contributed by atoms with E-state index in [9.17, 15) is 14.4 Å². The first-order chi connectivity index (χ1) is 11.4. The van der Waals surface area contributed by atoms with E-state index in [1.807, 2.05) is 13.0 Å². The maximum absolute atomic E-state index is 11.7. The lowest BCUT2D eigenvalue weighted by molar-refractivity contribution is -0.139. The van der Waals surface area contributed by atoms with Crippen molar-refractivity contribution >= 4 is 29.8 Å². The molecule has 0 aliphatic rings. The van der Waals surface area contributed by atoms with Crippen LogP contribution in [0.1, 0.15) is 25.3 Å². The number of carboxylic acids is 2. The summed E-state index contributed by atoms with van der Waals surface area (Å²) in [5.41, 5.74) is 0.780. The van der Waals surface area contributed by atoms with Gasteiger partial charge in [0.1, 0.15) is 17.9 Å². The van der Waals surface area contributed by atoms with Gasteiger partial charge in [-0.05, 0) is 12.0 Å². The summed E-state index contributed by atoms with van der Waals surface area (Å²) in [5.74, 6) is -2.27. The Morgan fingerprint density at radius 2 is 1.83 bits per heavy atom. The molecule has 0 saturated heterocycles. The lowest BCUT2D eigenvalue weighted by atomic mass is 10.2. The first-order valence-electron chi connectivity index (χ1n) is 7.48. The summed E-state index contributed by atoms with van der Waals surface area (Å²) in [6, 6.07) is 7.77. The number of carbonyl (C=O) groups excluding carboxylic acids is 1. The summed E-state index contributed by atoms with van der Waals surface area (Å²) in [4.78, 5) is 34.0. The molecular formula is C16H21NO6S. The number of rotatable bonds is 10. The van der Waals surface area contributed by atoms with Crippen molar-refractivity contribution in [3.63, 3.8) is 0 Å². The second-order valence-electron chi connectivity index (χ2n) is 5.05. The molecule has 0 bridgehead atoms. The lowest BCUT2D eigenvalue weighted by Crippen LogP contribution is -2.43. The van der Waals surface area contributed by atoms with Crippen LogP contribution in [0, 0.1) is 0 Å². The number of thioether (sulfide) groups is 1. The van der Waals surface area contributed by atoms with E-state index in [0.29, 0.717) is 12.8 Å². The monoisotopic (exact) mass is 355 g/mol. The fourth-order valence-corrected chi connectivity index (χ4v) is 3.03. The van der Waals surface area contributed by atoms with Gasteiger partial charge in [-0.25, -0.2) is 9.59 Å². The topological polar surface area (TPSA) is 113 Å². The summed E-state index contributed by atoms with van der Waals surface area (Å²) < 4.78 is 4.97. The van der Waals surface area contributed by atoms with E-state index in [2.05, 4.69) is 5.32 Å². The van der Waals surface area contributed by atoms with Crippen LogP contribution >= 0.6 is 11.8 Å². The van der Waals surface area contributed by atoms with Crippen molar-refractivity contribution in [2.45, 2.75) is 37.7 Å². The van der Waals surface area contributed by atoms with Gasteiger partial charge in [0.25, 0.3) is 0 Å². The van der Waals surface area contributed by atoms with Crippen LogP contribution in [-0.4, -0.2) is 45.3 Å². The van der Waals surface area contributed by atoms with Crippen LogP contribution in [0.2, 0.25) is 0 Å². The zero-order chi connectivity index (χ0) is 17.9. The maximum atomic E-state index is 11.7. The Kier molecular flexibility index (Phi) is 8.70. The number of carboxylic acid groups (broad SMARTS) is 2. The first-order valence-corrected chi connectivity index (χ1v) is 8.53. The Hall–Kier alpha value is -2.22. The molecule has 0 aliphatic heterocycles. The molecule has 2 unspecified atom stereocenters. The highest BCUT2D eigenvalue weighted by Crippen LogP contribution is 2.18. The van der Waals surface area contributed by atoms with Crippen molar-refractivity contribution in [2.24, 2.45) is 0 Å². The summed E-state index contributed by atoms with van der Waals surface area (Å²) in [7, 11) is 0. The molecule has 0 fully saturated rings. The predicted molar refractivity (Wildman–Crippen MR) is 90.0 cm³/mol. The molecule has 132 valence electrons. The third-order valence-corrected chi connectivity index (χ3v) is 4.46. The van der Waals surface area contributed by atoms with Gasteiger partial charge in [0.15, 0.2) is 0 Å². The number of hydrogen-bond donors (Lipinski definition) is 3. The highest BCUT2D eigenvalue weighted by atomic mass is 32.2. The summed E-state index contributed by atoms with van der Waals surface area (Å²) in [6.45, 7) is 1.88. The molecule has 0 saturated carbocycles. The fraction of sp³-hybridized carbons (Fsp3) is 0.438. The van der Waals surface area contributed by atoms with Crippen molar-refractivity contribution in [3.8, 4) is 0 Å². The van der Waals surface area contributed by atoms with E-state index in [1.165, 1.54) is 0 Å². The zero-order valence-corrected chi connectivity index (χ0v) is 14.1. The van der Waals surface area contributed by atoms with Crippen LogP contribution in [0.25, 0.3) is 0 Å². The Bertz CT molecular complexity index is 551. The molecule has 1 rings (SSSR count). The molecule has 8 heteroatoms. The molecule has 1 amide bonds. The van der Waals surface area contributed by atoms with Crippen molar-refractivity contribution in [1.29, 1.82) is 0 Å². The smallest absolute Gasteiger partial charge is 0.408 e. The predicted octanol–water partition coefficient (Wildman–Crippen LogP) is 2.35. The van der Waals surface area contributed by atoms with Crippen molar-refractivity contribution < 1.29 is 29.3 Å². The van der Waals surface area contributed by atoms with Gasteiger partial charge in [-0.1, -0.05) is 43.7 Å². The van der Waals surface area contributed by atoms with Gasteiger partial charge in [-0.15, -0.1) is 11.8 Å².